The van der Waals surface area contributed by atoms with Gasteiger partial charge in [-0.25, -0.2) is 0 Å². The quantitative estimate of drug-likeness (QED) is 0.321. The Morgan fingerprint density at radius 3 is 2.51 bits per heavy atom. The minimum atomic E-state index is -0.382. The maximum atomic E-state index is 12.9. The van der Waals surface area contributed by atoms with Crippen LogP contribution in [0.5, 0.6) is 11.5 Å². The van der Waals surface area contributed by atoms with Crippen molar-refractivity contribution in [1.29, 1.82) is 0 Å². The van der Waals surface area contributed by atoms with Gasteiger partial charge in [-0.1, -0.05) is 48.2 Å². The van der Waals surface area contributed by atoms with Crippen LogP contribution >= 0.6 is 11.8 Å². The molecular weight excluding hydrogens is 464 g/mol. The smallest absolute Gasteiger partial charge is 0.233 e. The van der Waals surface area contributed by atoms with E-state index in [1.165, 1.54) is 11.8 Å². The Morgan fingerprint density at radius 1 is 1.06 bits per heavy atom. The van der Waals surface area contributed by atoms with E-state index in [1.54, 1.807) is 20.5 Å². The number of benzene rings is 2. The number of amides is 1. The van der Waals surface area contributed by atoms with Gasteiger partial charge < -0.3 is 19.2 Å². The van der Waals surface area contributed by atoms with Crippen molar-refractivity contribution >= 4 is 17.7 Å². The Hall–Kier alpha value is -3.72. The van der Waals surface area contributed by atoms with Crippen molar-refractivity contribution in [3.05, 3.63) is 77.7 Å². The van der Waals surface area contributed by atoms with Gasteiger partial charge in [-0.15, -0.1) is 10.2 Å². The third-order valence-corrected chi connectivity index (χ3v) is 6.65. The van der Waals surface area contributed by atoms with E-state index in [9.17, 15) is 4.79 Å². The molecule has 2 heterocycles. The lowest BCUT2D eigenvalue weighted by molar-refractivity contribution is -0.120. The van der Waals surface area contributed by atoms with Crippen molar-refractivity contribution in [1.82, 2.24) is 20.1 Å². The lowest BCUT2D eigenvalue weighted by Crippen LogP contribution is -2.30. The van der Waals surface area contributed by atoms with E-state index in [2.05, 4.69) is 27.6 Å². The number of carbonyl (C=O) groups excluding carboxylic acids is 1. The van der Waals surface area contributed by atoms with Crippen LogP contribution in [0.2, 0.25) is 0 Å². The Labute approximate surface area is 208 Å². The molecule has 35 heavy (non-hydrogen) atoms. The van der Waals surface area contributed by atoms with Crippen molar-refractivity contribution in [2.45, 2.75) is 37.3 Å². The monoisotopic (exact) mass is 492 g/mol. The highest BCUT2D eigenvalue weighted by Crippen LogP contribution is 2.30. The largest absolute Gasteiger partial charge is 0.493 e. The molecule has 1 atom stereocenters. The molecule has 0 aliphatic rings. The van der Waals surface area contributed by atoms with Gasteiger partial charge in [-0.2, -0.15) is 0 Å². The third kappa shape index (κ3) is 5.68. The second-order valence-corrected chi connectivity index (χ2v) is 9.24. The lowest BCUT2D eigenvalue weighted by Gasteiger charge is -2.14. The number of furan rings is 1. The van der Waals surface area contributed by atoms with Crippen LogP contribution in [0.15, 0.2) is 70.4 Å². The van der Waals surface area contributed by atoms with Gasteiger partial charge in [0.1, 0.15) is 5.76 Å². The average Bonchev–Trinajstić information content (AvgIpc) is 3.48. The van der Waals surface area contributed by atoms with Crippen LogP contribution in [-0.4, -0.2) is 40.1 Å². The molecule has 1 amide bonds. The van der Waals surface area contributed by atoms with Crippen molar-refractivity contribution < 1.29 is 18.7 Å². The number of nitrogens with one attached hydrogen (secondary N) is 1. The number of methoxy groups -OCH3 is 2. The summed E-state index contributed by atoms with van der Waals surface area (Å²) in [6.45, 7) is 4.71. The van der Waals surface area contributed by atoms with Crippen molar-refractivity contribution in [3.63, 3.8) is 0 Å². The number of nitrogens with zero attached hydrogens (tertiary/aromatic N) is 3. The van der Waals surface area contributed by atoms with Crippen LogP contribution in [0.1, 0.15) is 23.8 Å². The molecule has 0 radical (unpaired) electrons. The summed E-state index contributed by atoms with van der Waals surface area (Å²) in [7, 11) is 3.18. The minimum Gasteiger partial charge on any atom is -0.493 e. The van der Waals surface area contributed by atoms with Gasteiger partial charge >= 0.3 is 0 Å². The second kappa shape index (κ2) is 11.1. The molecule has 0 saturated heterocycles. The molecule has 4 aromatic rings. The fraction of sp³-hybridized carbons (Fsp3) is 0.269. The second-order valence-electron chi connectivity index (χ2n) is 7.94. The summed E-state index contributed by atoms with van der Waals surface area (Å²) in [5.41, 5.74) is 2.91. The summed E-state index contributed by atoms with van der Waals surface area (Å²) in [6.07, 6.45) is 1.64. The standard InChI is InChI=1S/C26H28N4O4S/c1-17-21(12-13-34-17)24-28-29-26(30(24)16-19-8-6-5-7-9-19)35-18(2)25(31)27-15-20-10-11-22(32-3)23(14-20)33-4/h5-14,18H,15-16H2,1-4H3,(H,27,31). The van der Waals surface area contributed by atoms with Crippen LogP contribution < -0.4 is 14.8 Å². The first-order chi connectivity index (χ1) is 17.0. The van der Waals surface area contributed by atoms with Gasteiger partial charge in [0.15, 0.2) is 22.5 Å². The minimum absolute atomic E-state index is 0.0971. The normalized spacial score (nSPS) is 11.8. The highest BCUT2D eigenvalue weighted by Gasteiger charge is 2.22. The summed E-state index contributed by atoms with van der Waals surface area (Å²) in [6, 6.07) is 17.6. The number of carbonyl (C=O) groups is 1. The average molecular weight is 493 g/mol. The van der Waals surface area contributed by atoms with Crippen LogP contribution in [0, 0.1) is 6.92 Å². The molecule has 0 fully saturated rings. The Bertz CT molecular complexity index is 1290. The van der Waals surface area contributed by atoms with Crippen molar-refractivity contribution in [2.75, 3.05) is 14.2 Å². The van der Waals surface area contributed by atoms with Gasteiger partial charge in [-0.05, 0) is 43.2 Å². The van der Waals surface area contributed by atoms with Crippen LogP contribution in [0.25, 0.3) is 11.4 Å². The maximum absolute atomic E-state index is 12.9. The van der Waals surface area contributed by atoms with E-state index in [1.807, 2.05) is 60.9 Å². The molecular formula is C26H28N4O4S. The molecule has 1 N–H and O–H groups in total. The number of aryl methyl sites for hydroxylation is 1. The fourth-order valence-electron chi connectivity index (χ4n) is 3.64. The third-order valence-electron chi connectivity index (χ3n) is 5.57. The molecule has 1 unspecified atom stereocenters. The van der Waals surface area contributed by atoms with E-state index in [-0.39, 0.29) is 11.2 Å². The zero-order valence-corrected chi connectivity index (χ0v) is 21.0. The van der Waals surface area contributed by atoms with E-state index < -0.39 is 0 Å². The number of rotatable bonds is 10. The van der Waals surface area contributed by atoms with Crippen LogP contribution in [-0.2, 0) is 17.9 Å². The molecule has 8 nitrogen and oxygen atoms in total. The van der Waals surface area contributed by atoms with Crippen LogP contribution in [0.4, 0.5) is 0 Å². The van der Waals surface area contributed by atoms with Gasteiger partial charge in [0.2, 0.25) is 5.91 Å². The Morgan fingerprint density at radius 2 is 1.83 bits per heavy atom. The highest BCUT2D eigenvalue weighted by molar-refractivity contribution is 8.00. The van der Waals surface area contributed by atoms with Gasteiger partial charge in [0, 0.05) is 6.54 Å². The lowest BCUT2D eigenvalue weighted by atomic mass is 10.2. The molecule has 0 saturated carbocycles. The highest BCUT2D eigenvalue weighted by atomic mass is 32.2. The zero-order chi connectivity index (χ0) is 24.8. The maximum Gasteiger partial charge on any atom is 0.233 e. The van der Waals surface area contributed by atoms with Crippen molar-refractivity contribution in [2.24, 2.45) is 0 Å². The topological polar surface area (TPSA) is 91.4 Å². The van der Waals surface area contributed by atoms with E-state index in [4.69, 9.17) is 13.9 Å². The SMILES string of the molecule is COc1ccc(CNC(=O)C(C)Sc2nnc(-c3ccoc3C)n2Cc2ccccc2)cc1OC. The first-order valence-electron chi connectivity index (χ1n) is 11.2. The van der Waals surface area contributed by atoms with Gasteiger partial charge in [0.25, 0.3) is 0 Å². The predicted molar refractivity (Wildman–Crippen MR) is 135 cm³/mol. The summed E-state index contributed by atoms with van der Waals surface area (Å²) in [5.74, 6) is 2.65. The van der Waals surface area contributed by atoms with Crippen LogP contribution in [0.3, 0.4) is 0 Å². The molecule has 0 aliphatic heterocycles. The number of aromatic nitrogens is 3. The molecule has 9 heteroatoms. The predicted octanol–water partition coefficient (Wildman–Crippen LogP) is 4.71. The molecule has 0 aliphatic carbocycles. The van der Waals surface area contributed by atoms with Gasteiger partial charge in [0.05, 0.1) is 37.8 Å². The Kier molecular flexibility index (Phi) is 7.77. The molecule has 0 spiro atoms. The number of ether oxygens (including phenoxy) is 2. The molecule has 182 valence electrons. The summed E-state index contributed by atoms with van der Waals surface area (Å²) in [5, 5.41) is 12.1. The number of hydrogen-bond acceptors (Lipinski definition) is 7. The Balaban J connectivity index is 1.49. The fourth-order valence-corrected chi connectivity index (χ4v) is 4.51. The molecule has 4 rings (SSSR count). The molecule has 2 aromatic carbocycles. The zero-order valence-electron chi connectivity index (χ0n) is 20.1. The molecule has 2 aromatic heterocycles. The van der Waals surface area contributed by atoms with E-state index in [0.29, 0.717) is 35.6 Å². The first kappa shape index (κ1) is 24.4. The van der Waals surface area contributed by atoms with Gasteiger partial charge in [-0.3, -0.25) is 9.36 Å². The van der Waals surface area contributed by atoms with E-state index in [0.717, 1.165) is 22.5 Å². The molecule has 0 bridgehead atoms. The summed E-state index contributed by atoms with van der Waals surface area (Å²) >= 11 is 1.37. The van der Waals surface area contributed by atoms with Crippen molar-refractivity contribution in [3.8, 4) is 22.9 Å². The summed E-state index contributed by atoms with van der Waals surface area (Å²) in [4.78, 5) is 12.9. The first-order valence-corrected chi connectivity index (χ1v) is 12.0. The van der Waals surface area contributed by atoms with E-state index >= 15 is 0 Å². The number of hydrogen-bond donors (Lipinski definition) is 1. The summed E-state index contributed by atoms with van der Waals surface area (Å²) < 4.78 is 18.1. The number of thioether (sulfide) groups is 1.